The lowest BCUT2D eigenvalue weighted by Gasteiger charge is -2.01. The first-order valence-corrected chi connectivity index (χ1v) is 6.82. The van der Waals surface area contributed by atoms with Gasteiger partial charge in [0.25, 0.3) is 0 Å². The lowest BCUT2D eigenvalue weighted by atomic mass is 10.5. The van der Waals surface area contributed by atoms with E-state index in [2.05, 4.69) is 0 Å². The summed E-state index contributed by atoms with van der Waals surface area (Å²) in [4.78, 5) is 38.2. The number of hydrogen-bond donors (Lipinski definition) is 6. The summed E-state index contributed by atoms with van der Waals surface area (Å²) in [6.45, 7) is 1.73. The minimum Gasteiger partial charge on any atom is -0.478 e. The fraction of sp³-hybridized carbons (Fsp3) is 0.429. The summed E-state index contributed by atoms with van der Waals surface area (Å²) in [6.07, 6.45) is 2.23. The Bertz CT molecular complexity index is 381. The summed E-state index contributed by atoms with van der Waals surface area (Å²) in [5, 5.41) is 47.8. The first kappa shape index (κ1) is 28.0. The van der Waals surface area contributed by atoms with E-state index in [-0.39, 0.29) is 13.2 Å². The van der Waals surface area contributed by atoms with E-state index in [1.54, 1.807) is 0 Å². The van der Waals surface area contributed by atoms with E-state index in [0.717, 1.165) is 0 Å². The van der Waals surface area contributed by atoms with Crippen LogP contribution in [0.1, 0.15) is 0 Å². The molecule has 0 saturated carbocycles. The molecular weight excluding hydrogens is 360 g/mol. The summed E-state index contributed by atoms with van der Waals surface area (Å²) >= 11 is 0. The average Bonchev–Trinajstić information content (AvgIpc) is 2.55. The predicted molar refractivity (Wildman–Crippen MR) is 84.6 cm³/mol. The third-order valence-corrected chi connectivity index (χ3v) is 1.58. The highest BCUT2D eigenvalue weighted by Crippen LogP contribution is 1.76. The molecule has 0 aliphatic rings. The normalized spacial score (nSPS) is 9.77. The van der Waals surface area contributed by atoms with Crippen molar-refractivity contribution in [3.05, 3.63) is 24.3 Å². The molecule has 0 heterocycles. The number of aliphatic hydroxyl groups excluding tert-OH is 2. The molecule has 0 aromatic carbocycles. The number of aliphatic hydroxyl groups is 2. The van der Waals surface area contributed by atoms with Gasteiger partial charge in [0.05, 0.1) is 39.6 Å². The minimum absolute atomic E-state index is 0.0417. The second kappa shape index (κ2) is 22.2. The Labute approximate surface area is 148 Å². The van der Waals surface area contributed by atoms with E-state index in [4.69, 9.17) is 40.1 Å². The van der Waals surface area contributed by atoms with Gasteiger partial charge < -0.3 is 40.1 Å². The molecule has 0 unspecified atom stereocenters. The zero-order valence-corrected chi connectivity index (χ0v) is 13.7. The van der Waals surface area contributed by atoms with E-state index in [1.165, 1.54) is 0 Å². The SMILES string of the molecule is O=C(O)/C=C\C(=O)O.O=C(O)/C=C\C(=O)O.OCCOCCOCCO. The lowest BCUT2D eigenvalue weighted by Crippen LogP contribution is -2.09. The molecule has 150 valence electrons. The number of rotatable bonds is 11. The third-order valence-electron chi connectivity index (χ3n) is 1.58. The van der Waals surface area contributed by atoms with Crippen LogP contribution in [-0.4, -0.2) is 94.2 Å². The monoisotopic (exact) mass is 382 g/mol. The fourth-order valence-electron chi connectivity index (χ4n) is 0.736. The van der Waals surface area contributed by atoms with Crippen LogP contribution in [0.25, 0.3) is 0 Å². The van der Waals surface area contributed by atoms with Crippen LogP contribution in [-0.2, 0) is 28.7 Å². The summed E-state index contributed by atoms with van der Waals surface area (Å²) in [6, 6.07) is 0. The van der Waals surface area contributed by atoms with Crippen LogP contribution in [0, 0.1) is 0 Å². The number of carbonyl (C=O) groups is 4. The zero-order valence-electron chi connectivity index (χ0n) is 13.7. The van der Waals surface area contributed by atoms with Gasteiger partial charge >= 0.3 is 23.9 Å². The number of ether oxygens (including phenoxy) is 2. The molecule has 0 amide bonds. The second-order valence-electron chi connectivity index (χ2n) is 3.69. The van der Waals surface area contributed by atoms with Crippen LogP contribution >= 0.6 is 0 Å². The van der Waals surface area contributed by atoms with Gasteiger partial charge in [0, 0.05) is 24.3 Å². The molecule has 0 atom stereocenters. The van der Waals surface area contributed by atoms with Crippen LogP contribution in [0.2, 0.25) is 0 Å². The number of aliphatic carboxylic acids is 4. The van der Waals surface area contributed by atoms with Crippen molar-refractivity contribution in [3.63, 3.8) is 0 Å². The lowest BCUT2D eigenvalue weighted by molar-refractivity contribution is -0.134. The number of hydrogen-bond acceptors (Lipinski definition) is 8. The van der Waals surface area contributed by atoms with Crippen molar-refractivity contribution < 1.29 is 59.3 Å². The maximum Gasteiger partial charge on any atom is 0.328 e. The van der Waals surface area contributed by atoms with Crippen LogP contribution in [0.15, 0.2) is 24.3 Å². The molecule has 12 nitrogen and oxygen atoms in total. The van der Waals surface area contributed by atoms with Gasteiger partial charge in [-0.05, 0) is 0 Å². The smallest absolute Gasteiger partial charge is 0.328 e. The highest BCUT2D eigenvalue weighted by atomic mass is 16.5. The average molecular weight is 382 g/mol. The van der Waals surface area contributed by atoms with Gasteiger partial charge in [0.1, 0.15) is 0 Å². The van der Waals surface area contributed by atoms with Gasteiger partial charge in [0.15, 0.2) is 0 Å². The first-order valence-electron chi connectivity index (χ1n) is 6.82. The third kappa shape index (κ3) is 42.9. The predicted octanol–water partition coefficient (Wildman–Crippen LogP) is -1.57. The van der Waals surface area contributed by atoms with Crippen molar-refractivity contribution in [2.24, 2.45) is 0 Å². The highest BCUT2D eigenvalue weighted by molar-refractivity contribution is 5.90. The molecule has 26 heavy (non-hydrogen) atoms. The molecule has 0 radical (unpaired) electrons. The van der Waals surface area contributed by atoms with Crippen molar-refractivity contribution in [2.75, 3.05) is 39.6 Å². The van der Waals surface area contributed by atoms with Gasteiger partial charge in [-0.25, -0.2) is 19.2 Å². The molecule has 0 saturated heterocycles. The first-order chi connectivity index (χ1) is 12.2. The maximum atomic E-state index is 9.55. The van der Waals surface area contributed by atoms with Crippen molar-refractivity contribution in [1.29, 1.82) is 0 Å². The molecule has 6 N–H and O–H groups in total. The molecule has 0 fully saturated rings. The Kier molecular flexibility index (Phi) is 23.9. The van der Waals surface area contributed by atoms with Gasteiger partial charge in [0.2, 0.25) is 0 Å². The number of carboxylic acid groups (broad SMARTS) is 4. The van der Waals surface area contributed by atoms with Crippen LogP contribution < -0.4 is 0 Å². The van der Waals surface area contributed by atoms with Crippen molar-refractivity contribution in [1.82, 2.24) is 0 Å². The maximum absolute atomic E-state index is 9.55. The summed E-state index contributed by atoms with van der Waals surface area (Å²) in [5.74, 6) is -5.03. The van der Waals surface area contributed by atoms with Gasteiger partial charge in [-0.1, -0.05) is 0 Å². The van der Waals surface area contributed by atoms with Gasteiger partial charge in [-0.2, -0.15) is 0 Å². The Hall–Kier alpha value is -2.80. The largest absolute Gasteiger partial charge is 0.478 e. The van der Waals surface area contributed by atoms with E-state index < -0.39 is 23.9 Å². The molecular formula is C14H22O12. The highest BCUT2D eigenvalue weighted by Gasteiger charge is 1.89. The molecule has 0 aromatic heterocycles. The van der Waals surface area contributed by atoms with Crippen LogP contribution in [0.4, 0.5) is 0 Å². The fourth-order valence-corrected chi connectivity index (χ4v) is 0.736. The Morgan fingerprint density at radius 1 is 0.538 bits per heavy atom. The van der Waals surface area contributed by atoms with E-state index in [1.807, 2.05) is 0 Å². The number of carboxylic acids is 4. The second-order valence-corrected chi connectivity index (χ2v) is 3.69. The van der Waals surface area contributed by atoms with Crippen molar-refractivity contribution in [2.45, 2.75) is 0 Å². The topological polar surface area (TPSA) is 208 Å². The van der Waals surface area contributed by atoms with E-state index in [9.17, 15) is 19.2 Å². The Balaban J connectivity index is -0.000000308. The quantitative estimate of drug-likeness (QED) is 0.177. The molecule has 0 bridgehead atoms. The standard InChI is InChI=1S/C6H14O4.2C4H4O4/c7-1-3-9-5-6-10-4-2-8;2*5-3(6)1-2-4(7)8/h7-8H,1-6H2;2*1-2H,(H,5,6)(H,7,8)/b;2*2-1-. The molecule has 0 aliphatic heterocycles. The summed E-state index contributed by atoms with van der Waals surface area (Å²) in [7, 11) is 0. The Morgan fingerprint density at radius 2 is 0.769 bits per heavy atom. The van der Waals surface area contributed by atoms with Crippen LogP contribution in [0.5, 0.6) is 0 Å². The molecule has 0 rings (SSSR count). The summed E-state index contributed by atoms with van der Waals surface area (Å²) < 4.78 is 9.75. The van der Waals surface area contributed by atoms with Crippen molar-refractivity contribution >= 4 is 23.9 Å². The van der Waals surface area contributed by atoms with E-state index in [0.29, 0.717) is 50.7 Å². The van der Waals surface area contributed by atoms with Gasteiger partial charge in [-0.15, -0.1) is 0 Å². The minimum atomic E-state index is -1.26. The van der Waals surface area contributed by atoms with Crippen molar-refractivity contribution in [3.8, 4) is 0 Å². The van der Waals surface area contributed by atoms with Crippen LogP contribution in [0.3, 0.4) is 0 Å². The molecule has 0 spiro atoms. The molecule has 0 aromatic rings. The Morgan fingerprint density at radius 3 is 0.923 bits per heavy atom. The summed E-state index contributed by atoms with van der Waals surface area (Å²) in [5.41, 5.74) is 0. The zero-order chi connectivity index (χ0) is 20.8. The molecule has 12 heteroatoms. The van der Waals surface area contributed by atoms with Gasteiger partial charge in [-0.3, -0.25) is 0 Å². The molecule has 0 aliphatic carbocycles. The van der Waals surface area contributed by atoms with E-state index >= 15 is 0 Å².